The molecule has 0 bridgehead atoms. The van der Waals surface area contributed by atoms with Crippen LogP contribution in [-0.2, 0) is 9.59 Å². The molecule has 0 aliphatic heterocycles. The van der Waals surface area contributed by atoms with Gasteiger partial charge in [0, 0.05) is 4.75 Å². The SMILES string of the molecule is CC1CCCCC1(NC(=O)CSC(C)(C)C)C(=O)O. The maximum Gasteiger partial charge on any atom is 0.329 e. The van der Waals surface area contributed by atoms with Crippen LogP contribution in [0.3, 0.4) is 0 Å². The van der Waals surface area contributed by atoms with Crippen LogP contribution in [0.15, 0.2) is 0 Å². The van der Waals surface area contributed by atoms with Gasteiger partial charge in [0.2, 0.25) is 5.91 Å². The van der Waals surface area contributed by atoms with Crippen LogP contribution in [0.2, 0.25) is 0 Å². The first-order chi connectivity index (χ1) is 8.67. The van der Waals surface area contributed by atoms with Gasteiger partial charge in [-0.3, -0.25) is 4.79 Å². The third-order valence-corrected chi connectivity index (χ3v) is 4.95. The van der Waals surface area contributed by atoms with Crippen molar-refractivity contribution in [3.05, 3.63) is 0 Å². The van der Waals surface area contributed by atoms with Crippen molar-refractivity contribution in [2.24, 2.45) is 5.92 Å². The van der Waals surface area contributed by atoms with Crippen molar-refractivity contribution in [2.75, 3.05) is 5.75 Å². The second kappa shape index (κ2) is 6.16. The van der Waals surface area contributed by atoms with E-state index in [1.54, 1.807) is 0 Å². The number of carbonyl (C=O) groups excluding carboxylic acids is 1. The first kappa shape index (κ1) is 16.3. The smallest absolute Gasteiger partial charge is 0.329 e. The van der Waals surface area contributed by atoms with Crippen LogP contribution in [0.1, 0.15) is 53.4 Å². The number of thioether (sulfide) groups is 1. The molecule has 2 unspecified atom stereocenters. The van der Waals surface area contributed by atoms with Crippen LogP contribution >= 0.6 is 11.8 Å². The van der Waals surface area contributed by atoms with E-state index in [2.05, 4.69) is 5.32 Å². The monoisotopic (exact) mass is 287 g/mol. The van der Waals surface area contributed by atoms with Gasteiger partial charge in [-0.1, -0.05) is 40.5 Å². The first-order valence-electron chi connectivity index (χ1n) is 6.86. The predicted molar refractivity (Wildman–Crippen MR) is 78.4 cm³/mol. The molecule has 110 valence electrons. The largest absolute Gasteiger partial charge is 0.479 e. The molecule has 0 radical (unpaired) electrons. The lowest BCUT2D eigenvalue weighted by atomic mass is 9.73. The number of carbonyl (C=O) groups is 2. The molecule has 0 heterocycles. The summed E-state index contributed by atoms with van der Waals surface area (Å²) in [4.78, 5) is 23.6. The van der Waals surface area contributed by atoms with Gasteiger partial charge >= 0.3 is 5.97 Å². The molecule has 0 saturated heterocycles. The van der Waals surface area contributed by atoms with Crippen molar-refractivity contribution in [1.29, 1.82) is 0 Å². The molecule has 2 atom stereocenters. The molecule has 2 N–H and O–H groups in total. The average Bonchev–Trinajstić information content (AvgIpc) is 2.28. The molecule has 1 amide bonds. The summed E-state index contributed by atoms with van der Waals surface area (Å²) in [6.45, 7) is 8.05. The molecule has 0 aromatic heterocycles. The molecule has 1 aliphatic rings. The first-order valence-corrected chi connectivity index (χ1v) is 7.84. The van der Waals surface area contributed by atoms with Crippen molar-refractivity contribution < 1.29 is 14.7 Å². The highest BCUT2D eigenvalue weighted by molar-refractivity contribution is 8.01. The summed E-state index contributed by atoms with van der Waals surface area (Å²) < 4.78 is 0.00586. The van der Waals surface area contributed by atoms with Gasteiger partial charge in [0.25, 0.3) is 0 Å². The summed E-state index contributed by atoms with van der Waals surface area (Å²) in [6, 6.07) is 0. The molecule has 1 aliphatic carbocycles. The average molecular weight is 287 g/mol. The Morgan fingerprint density at radius 3 is 2.47 bits per heavy atom. The third-order valence-electron chi connectivity index (χ3n) is 3.68. The molecule has 19 heavy (non-hydrogen) atoms. The van der Waals surface area contributed by atoms with E-state index in [0.29, 0.717) is 12.2 Å². The van der Waals surface area contributed by atoms with Gasteiger partial charge in [-0.05, 0) is 18.8 Å². The Hall–Kier alpha value is -0.710. The molecule has 1 saturated carbocycles. The van der Waals surface area contributed by atoms with Crippen molar-refractivity contribution in [3.63, 3.8) is 0 Å². The van der Waals surface area contributed by atoms with Gasteiger partial charge in [-0.2, -0.15) is 0 Å². The zero-order valence-electron chi connectivity index (χ0n) is 12.3. The number of carboxylic acids is 1. The normalized spacial score (nSPS) is 27.9. The van der Waals surface area contributed by atoms with Crippen LogP contribution in [0, 0.1) is 5.92 Å². The second-order valence-corrected chi connectivity index (χ2v) is 8.17. The minimum absolute atomic E-state index is 0.00586. The van der Waals surface area contributed by atoms with E-state index in [1.807, 2.05) is 27.7 Å². The zero-order chi connectivity index (χ0) is 14.7. The standard InChI is InChI=1S/C14H25NO3S/c1-10-7-5-6-8-14(10,12(17)18)15-11(16)9-19-13(2,3)4/h10H,5-9H2,1-4H3,(H,15,16)(H,17,18). The van der Waals surface area contributed by atoms with Crippen LogP contribution < -0.4 is 5.32 Å². The molecular weight excluding hydrogens is 262 g/mol. The summed E-state index contributed by atoms with van der Waals surface area (Å²) in [5.41, 5.74) is -1.06. The van der Waals surface area contributed by atoms with E-state index in [9.17, 15) is 14.7 Å². The lowest BCUT2D eigenvalue weighted by Crippen LogP contribution is -2.60. The third kappa shape index (κ3) is 4.41. The van der Waals surface area contributed by atoms with Gasteiger partial charge in [0.05, 0.1) is 5.75 Å². The summed E-state index contributed by atoms with van der Waals surface area (Å²) in [7, 11) is 0. The Balaban J connectivity index is 2.69. The molecular formula is C14H25NO3S. The molecule has 0 aromatic rings. The van der Waals surface area contributed by atoms with E-state index in [1.165, 1.54) is 11.8 Å². The highest BCUT2D eigenvalue weighted by Gasteiger charge is 2.46. The number of amides is 1. The number of aliphatic carboxylic acids is 1. The minimum atomic E-state index is -1.06. The highest BCUT2D eigenvalue weighted by atomic mass is 32.2. The Kier molecular flexibility index (Phi) is 5.30. The van der Waals surface area contributed by atoms with Crippen molar-refractivity contribution in [1.82, 2.24) is 5.32 Å². The number of carboxylic acid groups (broad SMARTS) is 1. The molecule has 1 rings (SSSR count). The maximum absolute atomic E-state index is 12.0. The topological polar surface area (TPSA) is 66.4 Å². The Labute approximate surface area is 119 Å². The van der Waals surface area contributed by atoms with Crippen molar-refractivity contribution in [3.8, 4) is 0 Å². The predicted octanol–water partition coefficient (Wildman–Crippen LogP) is 2.67. The van der Waals surface area contributed by atoms with Crippen LogP contribution in [0.4, 0.5) is 0 Å². The van der Waals surface area contributed by atoms with E-state index >= 15 is 0 Å². The fourth-order valence-corrected chi connectivity index (χ4v) is 3.11. The molecule has 0 spiro atoms. The highest BCUT2D eigenvalue weighted by Crippen LogP contribution is 2.34. The summed E-state index contributed by atoms with van der Waals surface area (Å²) in [6.07, 6.45) is 3.31. The zero-order valence-corrected chi connectivity index (χ0v) is 13.1. The number of nitrogens with one attached hydrogen (secondary N) is 1. The van der Waals surface area contributed by atoms with Crippen LogP contribution in [-0.4, -0.2) is 33.0 Å². The van der Waals surface area contributed by atoms with Gasteiger partial charge in [0.15, 0.2) is 0 Å². The van der Waals surface area contributed by atoms with Gasteiger partial charge in [-0.25, -0.2) is 4.79 Å². The Morgan fingerprint density at radius 1 is 1.37 bits per heavy atom. The van der Waals surface area contributed by atoms with E-state index in [-0.39, 0.29) is 16.6 Å². The fourth-order valence-electron chi connectivity index (χ4n) is 2.47. The minimum Gasteiger partial charge on any atom is -0.479 e. The van der Waals surface area contributed by atoms with Crippen molar-refractivity contribution >= 4 is 23.6 Å². The van der Waals surface area contributed by atoms with Crippen LogP contribution in [0.25, 0.3) is 0 Å². The quantitative estimate of drug-likeness (QED) is 0.834. The summed E-state index contributed by atoms with van der Waals surface area (Å²) in [5.74, 6) is -0.766. The maximum atomic E-state index is 12.0. The molecule has 5 heteroatoms. The summed E-state index contributed by atoms with van der Waals surface area (Å²) in [5, 5.41) is 12.3. The Bertz CT molecular complexity index is 351. The second-order valence-electron chi connectivity index (χ2n) is 6.37. The lowest BCUT2D eigenvalue weighted by molar-refractivity contribution is -0.151. The number of hydrogen-bond donors (Lipinski definition) is 2. The van der Waals surface area contributed by atoms with Crippen molar-refractivity contribution in [2.45, 2.75) is 63.7 Å². The van der Waals surface area contributed by atoms with Gasteiger partial charge in [-0.15, -0.1) is 11.8 Å². The molecule has 1 fully saturated rings. The van der Waals surface area contributed by atoms with Gasteiger partial charge < -0.3 is 10.4 Å². The Morgan fingerprint density at radius 2 is 2.00 bits per heavy atom. The molecule has 4 nitrogen and oxygen atoms in total. The van der Waals surface area contributed by atoms with Gasteiger partial charge in [0.1, 0.15) is 5.54 Å². The molecule has 0 aromatic carbocycles. The van der Waals surface area contributed by atoms with E-state index < -0.39 is 11.5 Å². The van der Waals surface area contributed by atoms with E-state index in [4.69, 9.17) is 0 Å². The van der Waals surface area contributed by atoms with E-state index in [0.717, 1.165) is 19.3 Å². The summed E-state index contributed by atoms with van der Waals surface area (Å²) >= 11 is 1.54. The lowest BCUT2D eigenvalue weighted by Gasteiger charge is -2.39. The number of hydrogen-bond acceptors (Lipinski definition) is 3. The van der Waals surface area contributed by atoms with Crippen LogP contribution in [0.5, 0.6) is 0 Å². The fraction of sp³-hybridized carbons (Fsp3) is 0.857. The number of rotatable bonds is 4.